The van der Waals surface area contributed by atoms with Gasteiger partial charge in [-0.2, -0.15) is 0 Å². The van der Waals surface area contributed by atoms with E-state index in [1.807, 2.05) is 25.1 Å². The number of benzene rings is 1. The van der Waals surface area contributed by atoms with Gasteiger partial charge in [-0.1, -0.05) is 39.0 Å². The lowest BCUT2D eigenvalue weighted by Gasteiger charge is -2.28. The topological polar surface area (TPSA) is 37.4 Å². The van der Waals surface area contributed by atoms with Gasteiger partial charge in [0.05, 0.1) is 5.69 Å². The van der Waals surface area contributed by atoms with Gasteiger partial charge >= 0.3 is 0 Å². The monoisotopic (exact) mass is 243 g/mol. The number of aryl methyl sites for hydroxylation is 1. The Kier molecular flexibility index (Phi) is 2.85. The number of hydrogen-bond donors (Lipinski definition) is 0. The van der Waals surface area contributed by atoms with E-state index in [0.29, 0.717) is 0 Å². The van der Waals surface area contributed by atoms with E-state index >= 15 is 0 Å². The van der Waals surface area contributed by atoms with Crippen molar-refractivity contribution < 1.29 is 9.59 Å². The first kappa shape index (κ1) is 12.6. The summed E-state index contributed by atoms with van der Waals surface area (Å²) in [5.74, 6) is -0.528. The quantitative estimate of drug-likeness (QED) is 0.711. The van der Waals surface area contributed by atoms with Gasteiger partial charge in [-0.25, -0.2) is 4.90 Å². The Morgan fingerprint density at radius 2 is 1.56 bits per heavy atom. The molecule has 1 heterocycles. The maximum absolute atomic E-state index is 11.8. The van der Waals surface area contributed by atoms with Crippen LogP contribution in [0, 0.1) is 6.92 Å². The second-order valence-electron chi connectivity index (χ2n) is 5.57. The van der Waals surface area contributed by atoms with Gasteiger partial charge in [0.15, 0.2) is 0 Å². The van der Waals surface area contributed by atoms with E-state index in [2.05, 4.69) is 20.8 Å². The molecule has 0 bridgehead atoms. The maximum atomic E-state index is 11.8. The van der Waals surface area contributed by atoms with Gasteiger partial charge in [-0.3, -0.25) is 9.59 Å². The third-order valence-electron chi connectivity index (χ3n) is 3.08. The number of anilines is 1. The molecule has 0 atom stereocenters. The largest absolute Gasteiger partial charge is 0.269 e. The molecule has 1 aromatic carbocycles. The molecule has 1 aliphatic heterocycles. The molecular weight excluding hydrogens is 226 g/mol. The summed E-state index contributed by atoms with van der Waals surface area (Å²) < 4.78 is 0. The van der Waals surface area contributed by atoms with Crippen LogP contribution in [-0.2, 0) is 15.0 Å². The van der Waals surface area contributed by atoms with Gasteiger partial charge < -0.3 is 0 Å². The number of amides is 2. The van der Waals surface area contributed by atoms with Crippen molar-refractivity contribution in [3.8, 4) is 0 Å². The van der Waals surface area contributed by atoms with Crippen molar-refractivity contribution in [1.82, 2.24) is 0 Å². The molecule has 1 aliphatic rings. The van der Waals surface area contributed by atoms with Gasteiger partial charge in [-0.15, -0.1) is 0 Å². The third-order valence-corrected chi connectivity index (χ3v) is 3.08. The van der Waals surface area contributed by atoms with Crippen LogP contribution < -0.4 is 4.90 Å². The summed E-state index contributed by atoms with van der Waals surface area (Å²) in [6.45, 7) is 8.14. The van der Waals surface area contributed by atoms with Gasteiger partial charge in [0.25, 0.3) is 11.8 Å². The Morgan fingerprint density at radius 1 is 1.00 bits per heavy atom. The highest BCUT2D eigenvalue weighted by molar-refractivity contribution is 6.28. The van der Waals surface area contributed by atoms with Crippen molar-refractivity contribution in [1.29, 1.82) is 0 Å². The average molecular weight is 243 g/mol. The predicted molar refractivity (Wildman–Crippen MR) is 71.5 cm³/mol. The van der Waals surface area contributed by atoms with E-state index in [4.69, 9.17) is 0 Å². The van der Waals surface area contributed by atoms with Crippen molar-refractivity contribution >= 4 is 17.5 Å². The number of carbonyl (C=O) groups is 2. The van der Waals surface area contributed by atoms with Crippen LogP contribution in [-0.4, -0.2) is 11.8 Å². The van der Waals surface area contributed by atoms with Crippen molar-refractivity contribution in [2.45, 2.75) is 33.1 Å². The molecule has 0 saturated heterocycles. The first-order valence-corrected chi connectivity index (χ1v) is 5.98. The molecule has 1 aromatic rings. The number of rotatable bonds is 1. The molecule has 0 saturated carbocycles. The zero-order chi connectivity index (χ0) is 13.5. The first-order valence-electron chi connectivity index (χ1n) is 5.98. The van der Waals surface area contributed by atoms with Crippen LogP contribution in [0.2, 0.25) is 0 Å². The molecule has 3 nitrogen and oxygen atoms in total. The van der Waals surface area contributed by atoms with Crippen LogP contribution >= 0.6 is 0 Å². The fourth-order valence-corrected chi connectivity index (χ4v) is 2.18. The molecule has 2 amide bonds. The molecule has 0 spiro atoms. The molecule has 0 aromatic heterocycles. The zero-order valence-electron chi connectivity index (χ0n) is 11.2. The van der Waals surface area contributed by atoms with Gasteiger partial charge in [0.2, 0.25) is 0 Å². The smallest absolute Gasteiger partial charge is 0.258 e. The summed E-state index contributed by atoms with van der Waals surface area (Å²) in [6.07, 6.45) is 2.64. The summed E-state index contributed by atoms with van der Waals surface area (Å²) in [6, 6.07) is 5.85. The number of nitrogens with zero attached hydrogens (tertiary/aromatic N) is 1. The minimum atomic E-state index is -0.264. The molecular formula is C15H17NO2. The maximum Gasteiger partial charge on any atom is 0.258 e. The van der Waals surface area contributed by atoms with E-state index in [1.54, 1.807) is 0 Å². The normalized spacial score (nSPS) is 15.7. The van der Waals surface area contributed by atoms with Crippen LogP contribution in [0.3, 0.4) is 0 Å². The van der Waals surface area contributed by atoms with E-state index in [9.17, 15) is 9.59 Å². The molecule has 2 rings (SSSR count). The lowest BCUT2D eigenvalue weighted by molar-refractivity contribution is -0.120. The van der Waals surface area contributed by atoms with Gasteiger partial charge in [0.1, 0.15) is 0 Å². The first-order chi connectivity index (χ1) is 8.32. The Morgan fingerprint density at radius 3 is 2.06 bits per heavy atom. The fourth-order valence-electron chi connectivity index (χ4n) is 2.18. The molecule has 0 aliphatic carbocycles. The minimum absolute atomic E-state index is 0.121. The second-order valence-corrected chi connectivity index (χ2v) is 5.57. The number of para-hydroxylation sites is 1. The van der Waals surface area contributed by atoms with Crippen molar-refractivity contribution in [3.63, 3.8) is 0 Å². The van der Waals surface area contributed by atoms with Crippen molar-refractivity contribution in [2.24, 2.45) is 0 Å². The summed E-state index contributed by atoms with van der Waals surface area (Å²) >= 11 is 0. The van der Waals surface area contributed by atoms with Crippen molar-refractivity contribution in [2.75, 3.05) is 4.90 Å². The summed E-state index contributed by atoms with van der Waals surface area (Å²) in [5.41, 5.74) is 2.55. The van der Waals surface area contributed by atoms with Crippen LogP contribution in [0.25, 0.3) is 0 Å². The Hall–Kier alpha value is -1.90. The lowest BCUT2D eigenvalue weighted by atomic mass is 9.84. The van der Waals surface area contributed by atoms with Gasteiger partial charge in [0, 0.05) is 12.2 Å². The van der Waals surface area contributed by atoms with Crippen molar-refractivity contribution in [3.05, 3.63) is 41.5 Å². The van der Waals surface area contributed by atoms with E-state index in [-0.39, 0.29) is 17.2 Å². The molecule has 0 N–H and O–H groups in total. The van der Waals surface area contributed by atoms with E-state index in [1.165, 1.54) is 17.1 Å². The van der Waals surface area contributed by atoms with E-state index < -0.39 is 0 Å². The summed E-state index contributed by atoms with van der Waals surface area (Å²) in [5, 5.41) is 0. The summed E-state index contributed by atoms with van der Waals surface area (Å²) in [7, 11) is 0. The molecule has 3 heteroatoms. The Balaban J connectivity index is 2.64. The molecule has 0 unspecified atom stereocenters. The van der Waals surface area contributed by atoms with E-state index in [0.717, 1.165) is 16.8 Å². The average Bonchev–Trinajstić information content (AvgIpc) is 2.58. The number of hydrogen-bond acceptors (Lipinski definition) is 2. The van der Waals surface area contributed by atoms with Gasteiger partial charge in [-0.05, 0) is 23.5 Å². The highest BCUT2D eigenvalue weighted by Gasteiger charge is 2.31. The van der Waals surface area contributed by atoms with Crippen LogP contribution in [0.1, 0.15) is 31.9 Å². The highest BCUT2D eigenvalue weighted by atomic mass is 16.2. The Labute approximate surface area is 107 Å². The molecule has 0 radical (unpaired) electrons. The molecule has 18 heavy (non-hydrogen) atoms. The molecule has 94 valence electrons. The van der Waals surface area contributed by atoms with Crippen LogP contribution in [0.15, 0.2) is 30.4 Å². The van der Waals surface area contributed by atoms with Crippen LogP contribution in [0.4, 0.5) is 5.69 Å². The third kappa shape index (κ3) is 1.96. The number of imide groups is 1. The fraction of sp³-hybridized carbons (Fsp3) is 0.333. The standard InChI is InChI=1S/C15H17NO2/c1-10-6-5-7-11(15(2,3)4)14(10)16-12(17)8-9-13(16)18/h5-9H,1-4H3. The second kappa shape index (κ2) is 4.09. The highest BCUT2D eigenvalue weighted by Crippen LogP contribution is 2.35. The number of carbonyl (C=O) groups excluding carboxylic acids is 2. The SMILES string of the molecule is Cc1cccc(C(C)(C)C)c1N1C(=O)C=CC1=O. The predicted octanol–water partition coefficient (Wildman–Crippen LogP) is 2.72. The van der Waals surface area contributed by atoms with Crippen LogP contribution in [0.5, 0.6) is 0 Å². The zero-order valence-corrected chi connectivity index (χ0v) is 11.2. The molecule has 0 fully saturated rings. The lowest BCUT2D eigenvalue weighted by Crippen LogP contribution is -2.33. The Bertz CT molecular complexity index is 532. The minimum Gasteiger partial charge on any atom is -0.269 e. The summed E-state index contributed by atoms with van der Waals surface area (Å²) in [4.78, 5) is 24.9.